The van der Waals surface area contributed by atoms with E-state index in [-0.39, 0.29) is 43.6 Å². The van der Waals surface area contributed by atoms with Crippen LogP contribution in [0.1, 0.15) is 106 Å². The van der Waals surface area contributed by atoms with E-state index in [1.54, 1.807) is 6.92 Å². The summed E-state index contributed by atoms with van der Waals surface area (Å²) in [5.41, 5.74) is -7.54. The second kappa shape index (κ2) is 12.6. The second-order valence-electron chi connectivity index (χ2n) is 13.3. The average Bonchev–Trinajstić information content (AvgIpc) is 3.29. The number of fused-ring (bicyclic) bond motifs is 1. The summed E-state index contributed by atoms with van der Waals surface area (Å²) in [7, 11) is 0. The summed E-state index contributed by atoms with van der Waals surface area (Å²) in [6.45, 7) is 1.00. The van der Waals surface area contributed by atoms with Gasteiger partial charge in [-0.05, 0) is 111 Å². The molecule has 0 aliphatic heterocycles. The molecule has 4 N–H and O–H groups in total. The van der Waals surface area contributed by atoms with Crippen LogP contribution in [0.25, 0.3) is 0 Å². The molecule has 6 atom stereocenters. The van der Waals surface area contributed by atoms with E-state index in [2.05, 4.69) is 6.58 Å². The van der Waals surface area contributed by atoms with Crippen molar-refractivity contribution in [3.63, 3.8) is 0 Å². The normalized spacial score (nSPS) is 35.6. The van der Waals surface area contributed by atoms with Crippen molar-refractivity contribution >= 4 is 0 Å². The molecular weight excluding hydrogens is 574 g/mol. The second-order valence-corrected chi connectivity index (χ2v) is 13.3. The van der Waals surface area contributed by atoms with Gasteiger partial charge in [-0.15, -0.1) is 0 Å². The summed E-state index contributed by atoms with van der Waals surface area (Å²) in [4.78, 5) is 0. The minimum atomic E-state index is -6.06. The lowest BCUT2D eigenvalue weighted by Gasteiger charge is -2.49. The Labute approximate surface area is 259 Å². The number of hydrogen-bond donors (Lipinski definition) is 4. The van der Waals surface area contributed by atoms with Crippen molar-refractivity contribution in [3.05, 3.63) is 47.6 Å². The third kappa shape index (κ3) is 7.79. The Kier molecular flexibility index (Phi) is 8.14. The Bertz CT molecular complexity index is 1280. The zero-order valence-electron chi connectivity index (χ0n) is 30.7. The van der Waals surface area contributed by atoms with Gasteiger partial charge < -0.3 is 20.4 Å². The molecule has 0 bridgehead atoms. The molecule has 10 heteroatoms. The van der Waals surface area contributed by atoms with E-state index in [1.807, 2.05) is 19.1 Å². The van der Waals surface area contributed by atoms with Gasteiger partial charge in [0.15, 0.2) is 0 Å². The van der Waals surface area contributed by atoms with Crippen LogP contribution >= 0.6 is 0 Å². The third-order valence-corrected chi connectivity index (χ3v) is 10.2. The standard InChI is InChI=1S/C33H48F6O4/c1-21-23(19-24(40)20-26(21)41)11-10-22-9-6-17-30(5)25(22)12-13-27(30)29(4,15-7-14-28(2,3)42)16-8-18-31(43,32(34,35)36)33(37,38)39/h8,10-11,18,24-27,40-43H,1,6-7,9,12-17,19-20H2,2-5H3/t24-,25?,26+,27-,29?,30+/m1/s1/i2D3,3D3. The molecule has 0 amide bonds. The molecule has 0 aromatic heterocycles. The number of aliphatic hydroxyl groups is 4. The third-order valence-electron chi connectivity index (χ3n) is 10.2. The summed E-state index contributed by atoms with van der Waals surface area (Å²) in [6, 6.07) is 0. The average molecular weight is 629 g/mol. The largest absolute Gasteiger partial charge is 0.429 e. The van der Waals surface area contributed by atoms with Crippen LogP contribution in [0.3, 0.4) is 0 Å². The molecule has 0 heterocycles. The van der Waals surface area contributed by atoms with Crippen LogP contribution in [-0.4, -0.2) is 56.2 Å². The molecule has 0 radical (unpaired) electrons. The fourth-order valence-corrected chi connectivity index (χ4v) is 7.86. The maximum Gasteiger partial charge on any atom is 0.429 e. The lowest BCUT2D eigenvalue weighted by molar-refractivity contribution is -0.347. The first-order valence-corrected chi connectivity index (χ1v) is 14.7. The smallest absolute Gasteiger partial charge is 0.393 e. The summed E-state index contributed by atoms with van der Waals surface area (Å²) in [5.74, 6) is -0.375. The molecule has 3 aliphatic rings. The van der Waals surface area contributed by atoms with Crippen molar-refractivity contribution in [1.82, 2.24) is 0 Å². The fourth-order valence-electron chi connectivity index (χ4n) is 7.86. The van der Waals surface area contributed by atoms with E-state index in [0.29, 0.717) is 42.9 Å². The first-order valence-electron chi connectivity index (χ1n) is 17.7. The molecule has 43 heavy (non-hydrogen) atoms. The van der Waals surface area contributed by atoms with Crippen molar-refractivity contribution in [2.24, 2.45) is 22.7 Å². The molecule has 3 aliphatic carbocycles. The molecule has 0 aromatic carbocycles. The summed E-state index contributed by atoms with van der Waals surface area (Å²) in [6.07, 6.45) is -7.24. The lowest BCUT2D eigenvalue weighted by atomic mass is 9.55. The topological polar surface area (TPSA) is 80.9 Å². The molecule has 3 rings (SSSR count). The van der Waals surface area contributed by atoms with Crippen LogP contribution < -0.4 is 0 Å². The summed E-state index contributed by atoms with van der Waals surface area (Å²) in [5, 5.41) is 41.0. The van der Waals surface area contributed by atoms with Gasteiger partial charge in [-0.3, -0.25) is 0 Å². The molecule has 3 saturated carbocycles. The van der Waals surface area contributed by atoms with Crippen molar-refractivity contribution in [2.45, 2.75) is 134 Å². The monoisotopic (exact) mass is 628 g/mol. The predicted molar refractivity (Wildman–Crippen MR) is 154 cm³/mol. The SMILES string of the molecule is [2H]C([2H])([2H])C(O)(CCCC(C)(CC=CC(O)(C(F)(F)F)C(F)(F)F)[C@H]1CCC2C(=CC=C3C[C@@H](O)C[C@H](O)C3=C)CCC[C@@]21C)C([2H])([2H])[2H]. The van der Waals surface area contributed by atoms with Crippen molar-refractivity contribution in [3.8, 4) is 0 Å². The minimum Gasteiger partial charge on any atom is -0.393 e. The van der Waals surface area contributed by atoms with Crippen LogP contribution in [0.5, 0.6) is 0 Å². The van der Waals surface area contributed by atoms with Gasteiger partial charge in [0.05, 0.1) is 17.8 Å². The van der Waals surface area contributed by atoms with Crippen LogP contribution in [0.4, 0.5) is 26.3 Å². The van der Waals surface area contributed by atoms with Crippen LogP contribution in [0.15, 0.2) is 47.6 Å². The maximum absolute atomic E-state index is 13.5. The first kappa shape index (κ1) is 27.7. The number of allylic oxidation sites excluding steroid dienone is 4. The van der Waals surface area contributed by atoms with Gasteiger partial charge in [-0.25, -0.2) is 0 Å². The zero-order chi connectivity index (χ0) is 37.6. The lowest BCUT2D eigenvalue weighted by Crippen LogP contribution is -2.55. The van der Waals surface area contributed by atoms with Crippen molar-refractivity contribution in [1.29, 1.82) is 0 Å². The van der Waals surface area contributed by atoms with E-state index < -0.39 is 66.7 Å². The molecule has 0 spiro atoms. The quantitative estimate of drug-likeness (QED) is 0.155. The van der Waals surface area contributed by atoms with Gasteiger partial charge in [-0.1, -0.05) is 50.6 Å². The van der Waals surface area contributed by atoms with Crippen molar-refractivity contribution < 1.29 is 55.0 Å². The summed E-state index contributed by atoms with van der Waals surface area (Å²) >= 11 is 0. The van der Waals surface area contributed by atoms with Gasteiger partial charge >= 0.3 is 12.4 Å². The Balaban J connectivity index is 2.01. The molecule has 3 fully saturated rings. The highest BCUT2D eigenvalue weighted by atomic mass is 19.4. The van der Waals surface area contributed by atoms with E-state index in [0.717, 1.165) is 18.4 Å². The van der Waals surface area contributed by atoms with Crippen LogP contribution in [-0.2, 0) is 0 Å². The Morgan fingerprint density at radius 3 is 2.28 bits per heavy atom. The van der Waals surface area contributed by atoms with Crippen LogP contribution in [0, 0.1) is 22.7 Å². The molecule has 0 aromatic rings. The van der Waals surface area contributed by atoms with Gasteiger partial charge in [-0.2, -0.15) is 26.3 Å². The van der Waals surface area contributed by atoms with E-state index in [1.165, 1.54) is 0 Å². The summed E-state index contributed by atoms with van der Waals surface area (Å²) < 4.78 is 127. The Morgan fingerprint density at radius 1 is 1.02 bits per heavy atom. The van der Waals surface area contributed by atoms with Gasteiger partial charge in [0.1, 0.15) is 0 Å². The first-order chi connectivity index (χ1) is 22.0. The molecule has 246 valence electrons. The fraction of sp³-hybridized carbons (Fsp3) is 0.758. The zero-order valence-corrected chi connectivity index (χ0v) is 24.7. The van der Waals surface area contributed by atoms with Gasteiger partial charge in [0.2, 0.25) is 0 Å². The molecule has 4 nitrogen and oxygen atoms in total. The highest BCUT2D eigenvalue weighted by Gasteiger charge is 2.69. The number of halogens is 6. The Hall–Kier alpha value is -1.62. The molecule has 0 saturated heterocycles. The van der Waals surface area contributed by atoms with E-state index in [4.69, 9.17) is 8.22 Å². The van der Waals surface area contributed by atoms with E-state index in [9.17, 15) is 46.8 Å². The van der Waals surface area contributed by atoms with Crippen LogP contribution in [0.2, 0.25) is 0 Å². The molecule has 2 unspecified atom stereocenters. The Morgan fingerprint density at radius 2 is 1.67 bits per heavy atom. The predicted octanol–water partition coefficient (Wildman–Crippen LogP) is 7.88. The maximum atomic E-state index is 13.5. The number of rotatable bonds is 9. The number of aliphatic hydroxyl groups excluding tert-OH is 2. The highest BCUT2D eigenvalue weighted by molar-refractivity contribution is 5.38. The van der Waals surface area contributed by atoms with Crippen molar-refractivity contribution in [2.75, 3.05) is 0 Å². The highest BCUT2D eigenvalue weighted by Crippen LogP contribution is 2.64. The molecular formula is C33H48F6O4. The van der Waals surface area contributed by atoms with E-state index >= 15 is 0 Å². The van der Waals surface area contributed by atoms with Gasteiger partial charge in [0, 0.05) is 14.6 Å². The van der Waals surface area contributed by atoms with Gasteiger partial charge in [0.25, 0.3) is 5.60 Å². The minimum absolute atomic E-state index is 0.0338. The number of hydrogen-bond acceptors (Lipinski definition) is 4. The number of alkyl halides is 6.